The van der Waals surface area contributed by atoms with Crippen molar-refractivity contribution in [3.63, 3.8) is 0 Å². The number of benzene rings is 2. The van der Waals surface area contributed by atoms with Crippen molar-refractivity contribution >= 4 is 28.2 Å². The Balaban J connectivity index is 1.35. The SMILES string of the molecule is C=CC(=O)N1CCN(c2nc(OC[C@@H]3CCCN3C)nc3c2CCN(c2cccc4cccc(C#N)c24)C3)C[C@@H]1CC#N. The molecule has 220 valence electrons. The maximum Gasteiger partial charge on any atom is 0.318 e. The lowest BCUT2D eigenvalue weighted by Gasteiger charge is -2.42. The van der Waals surface area contributed by atoms with Gasteiger partial charge in [0, 0.05) is 48.9 Å². The molecule has 0 radical (unpaired) electrons. The molecule has 0 bridgehead atoms. The highest BCUT2D eigenvalue weighted by Gasteiger charge is 2.33. The molecule has 4 heterocycles. The van der Waals surface area contributed by atoms with Gasteiger partial charge in [-0.3, -0.25) is 4.79 Å². The first kappa shape index (κ1) is 28.4. The normalized spacial score (nSPS) is 20.4. The number of hydrogen-bond donors (Lipinski definition) is 0. The number of hydrogen-bond acceptors (Lipinski definition) is 9. The summed E-state index contributed by atoms with van der Waals surface area (Å²) in [5.41, 5.74) is 3.64. The molecule has 1 amide bonds. The smallest absolute Gasteiger partial charge is 0.318 e. The van der Waals surface area contributed by atoms with Gasteiger partial charge in [0.05, 0.1) is 42.4 Å². The minimum absolute atomic E-state index is 0.156. The van der Waals surface area contributed by atoms with Crippen LogP contribution in [0.5, 0.6) is 6.01 Å². The second-order valence-corrected chi connectivity index (χ2v) is 11.5. The van der Waals surface area contributed by atoms with E-state index in [-0.39, 0.29) is 18.4 Å². The molecule has 2 fully saturated rings. The van der Waals surface area contributed by atoms with Crippen LogP contribution in [0.25, 0.3) is 10.8 Å². The average Bonchev–Trinajstić information content (AvgIpc) is 3.46. The Hall–Kier alpha value is -4.67. The van der Waals surface area contributed by atoms with E-state index in [1.54, 1.807) is 4.90 Å². The lowest BCUT2D eigenvalue weighted by Crippen LogP contribution is -2.55. The van der Waals surface area contributed by atoms with Crippen LogP contribution in [0.4, 0.5) is 11.5 Å². The predicted molar refractivity (Wildman–Crippen MR) is 165 cm³/mol. The third-order valence-corrected chi connectivity index (χ3v) is 9.01. The summed E-state index contributed by atoms with van der Waals surface area (Å²) in [5, 5.41) is 21.4. The third kappa shape index (κ3) is 5.59. The molecule has 3 aliphatic heterocycles. The highest BCUT2D eigenvalue weighted by atomic mass is 16.5. The van der Waals surface area contributed by atoms with Crippen LogP contribution in [0.3, 0.4) is 0 Å². The number of amides is 1. The van der Waals surface area contributed by atoms with Crippen LogP contribution >= 0.6 is 0 Å². The molecule has 10 heteroatoms. The fourth-order valence-electron chi connectivity index (χ4n) is 6.69. The van der Waals surface area contributed by atoms with Gasteiger partial charge >= 0.3 is 6.01 Å². The minimum atomic E-state index is -0.258. The highest BCUT2D eigenvalue weighted by molar-refractivity contribution is 5.98. The van der Waals surface area contributed by atoms with Gasteiger partial charge in [0.15, 0.2) is 0 Å². The highest BCUT2D eigenvalue weighted by Crippen LogP contribution is 2.36. The fraction of sp³-hybridized carbons (Fsp3) is 0.424. The molecule has 3 aliphatic rings. The summed E-state index contributed by atoms with van der Waals surface area (Å²) < 4.78 is 6.27. The van der Waals surface area contributed by atoms with E-state index < -0.39 is 0 Å². The van der Waals surface area contributed by atoms with Crippen molar-refractivity contribution in [3.8, 4) is 18.1 Å². The molecule has 10 nitrogen and oxygen atoms in total. The Morgan fingerprint density at radius 1 is 1.09 bits per heavy atom. The number of likely N-dealkylation sites (tertiary alicyclic amines) is 1. The van der Waals surface area contributed by atoms with Gasteiger partial charge in [-0.1, -0.05) is 30.8 Å². The third-order valence-electron chi connectivity index (χ3n) is 9.01. The van der Waals surface area contributed by atoms with Crippen LogP contribution in [0.15, 0.2) is 49.1 Å². The first-order chi connectivity index (χ1) is 21.0. The maximum atomic E-state index is 12.5. The van der Waals surface area contributed by atoms with E-state index in [0.717, 1.165) is 65.9 Å². The van der Waals surface area contributed by atoms with Crippen molar-refractivity contribution in [2.75, 3.05) is 56.2 Å². The van der Waals surface area contributed by atoms with Crippen LogP contribution in [-0.4, -0.2) is 84.1 Å². The van der Waals surface area contributed by atoms with Crippen LogP contribution in [0.1, 0.15) is 36.1 Å². The van der Waals surface area contributed by atoms with E-state index in [0.29, 0.717) is 50.4 Å². The summed E-state index contributed by atoms with van der Waals surface area (Å²) in [4.78, 5) is 31.0. The second-order valence-electron chi connectivity index (χ2n) is 11.5. The van der Waals surface area contributed by atoms with Gasteiger partial charge in [0.1, 0.15) is 12.4 Å². The lowest BCUT2D eigenvalue weighted by atomic mass is 9.99. The van der Waals surface area contributed by atoms with Crippen molar-refractivity contribution in [3.05, 3.63) is 65.9 Å². The van der Waals surface area contributed by atoms with Gasteiger partial charge in [0.25, 0.3) is 0 Å². The molecule has 0 spiro atoms. The first-order valence-electron chi connectivity index (χ1n) is 14.9. The van der Waals surface area contributed by atoms with Gasteiger partial charge in [-0.15, -0.1) is 0 Å². The van der Waals surface area contributed by atoms with Crippen LogP contribution in [0.2, 0.25) is 0 Å². The zero-order chi connectivity index (χ0) is 29.9. The van der Waals surface area contributed by atoms with Gasteiger partial charge in [-0.05, 0) is 56.4 Å². The van der Waals surface area contributed by atoms with E-state index in [2.05, 4.69) is 46.5 Å². The van der Waals surface area contributed by atoms with Crippen LogP contribution in [0, 0.1) is 22.7 Å². The molecule has 1 aromatic heterocycles. The van der Waals surface area contributed by atoms with Crippen molar-refractivity contribution in [1.29, 1.82) is 10.5 Å². The van der Waals surface area contributed by atoms with Gasteiger partial charge < -0.3 is 24.3 Å². The second kappa shape index (κ2) is 12.3. The number of carbonyl (C=O) groups is 1. The van der Waals surface area contributed by atoms with Crippen molar-refractivity contribution in [2.45, 2.75) is 44.3 Å². The lowest BCUT2D eigenvalue weighted by molar-refractivity contribution is -0.128. The number of piperazine rings is 1. The van der Waals surface area contributed by atoms with Gasteiger partial charge in [-0.25, -0.2) is 0 Å². The van der Waals surface area contributed by atoms with Gasteiger partial charge in [0.2, 0.25) is 5.91 Å². The number of anilines is 2. The molecule has 0 aliphatic carbocycles. The average molecular weight is 577 g/mol. The van der Waals surface area contributed by atoms with E-state index in [1.165, 1.54) is 6.08 Å². The summed E-state index contributed by atoms with van der Waals surface area (Å²) in [6.07, 6.45) is 4.50. The van der Waals surface area contributed by atoms with E-state index >= 15 is 0 Å². The van der Waals surface area contributed by atoms with Gasteiger partial charge in [-0.2, -0.15) is 20.5 Å². The van der Waals surface area contributed by atoms with E-state index in [1.807, 2.05) is 30.3 Å². The summed E-state index contributed by atoms with van der Waals surface area (Å²) >= 11 is 0. The summed E-state index contributed by atoms with van der Waals surface area (Å²) in [5.74, 6) is 0.667. The van der Waals surface area contributed by atoms with Crippen LogP contribution < -0.4 is 14.5 Å². The molecule has 6 rings (SSSR count). The molecule has 2 atom stereocenters. The van der Waals surface area contributed by atoms with Crippen molar-refractivity contribution < 1.29 is 9.53 Å². The standard InChI is InChI=1S/C33H36N8O2/c1-3-30(42)41-18-17-40(20-25(41)12-14-34)32-27-13-16-39(29-11-5-8-23-7-4-9-24(19-35)31(23)29)21-28(27)36-33(37-32)43-22-26-10-6-15-38(26)2/h3-5,7-9,11,25-26H,1,6,10,12-13,15-18,20-22H2,2H3/t25-,26-/m0/s1. The molecule has 0 N–H and O–H groups in total. The van der Waals surface area contributed by atoms with E-state index in [9.17, 15) is 15.3 Å². The number of rotatable bonds is 7. The number of nitriles is 2. The Morgan fingerprint density at radius 3 is 2.67 bits per heavy atom. The number of nitrogens with zero attached hydrogens (tertiary/aromatic N) is 8. The van der Waals surface area contributed by atoms with Crippen LogP contribution in [-0.2, 0) is 17.8 Å². The molecular weight excluding hydrogens is 540 g/mol. The molecule has 0 unspecified atom stereocenters. The molecule has 0 saturated carbocycles. The fourth-order valence-corrected chi connectivity index (χ4v) is 6.69. The Labute approximate surface area is 252 Å². The predicted octanol–water partition coefficient (Wildman–Crippen LogP) is 3.65. The Morgan fingerprint density at radius 2 is 1.93 bits per heavy atom. The summed E-state index contributed by atoms with van der Waals surface area (Å²) in [7, 11) is 2.12. The molecule has 2 saturated heterocycles. The largest absolute Gasteiger partial charge is 0.462 e. The number of likely N-dealkylation sites (N-methyl/N-ethyl adjacent to an activating group) is 1. The molecule has 3 aromatic rings. The molecule has 2 aromatic carbocycles. The minimum Gasteiger partial charge on any atom is -0.462 e. The maximum absolute atomic E-state index is 12.5. The summed E-state index contributed by atoms with van der Waals surface area (Å²) in [6, 6.07) is 17.0. The Kier molecular flexibility index (Phi) is 8.13. The zero-order valence-electron chi connectivity index (χ0n) is 24.6. The molecular formula is C33H36N8O2. The number of aromatic nitrogens is 2. The number of carbonyl (C=O) groups excluding carboxylic acids is 1. The van der Waals surface area contributed by atoms with Crippen molar-refractivity contribution in [1.82, 2.24) is 19.8 Å². The molecule has 43 heavy (non-hydrogen) atoms. The first-order valence-corrected chi connectivity index (χ1v) is 14.9. The van der Waals surface area contributed by atoms with E-state index in [4.69, 9.17) is 14.7 Å². The zero-order valence-corrected chi connectivity index (χ0v) is 24.6. The quantitative estimate of drug-likeness (QED) is 0.389. The van der Waals surface area contributed by atoms with Crippen molar-refractivity contribution in [2.24, 2.45) is 0 Å². The Bertz CT molecular complexity index is 1620. The number of ether oxygens (including phenoxy) is 1. The summed E-state index contributed by atoms with van der Waals surface area (Å²) in [6.45, 7) is 8.10. The topological polar surface area (TPSA) is 113 Å². The monoisotopic (exact) mass is 576 g/mol. The number of fused-ring (bicyclic) bond motifs is 2.